The molecule has 1 N–H and O–H groups in total. The molecule has 23 heavy (non-hydrogen) atoms. The van der Waals surface area contributed by atoms with Crippen molar-refractivity contribution in [2.24, 2.45) is 0 Å². The van der Waals surface area contributed by atoms with Crippen molar-refractivity contribution in [1.29, 1.82) is 0 Å². The Labute approximate surface area is 137 Å². The maximum absolute atomic E-state index is 12.3. The maximum Gasteiger partial charge on any atom is 0.323 e. The second-order valence-corrected chi connectivity index (χ2v) is 5.72. The highest BCUT2D eigenvalue weighted by molar-refractivity contribution is 6.34. The second kappa shape index (κ2) is 8.59. The van der Waals surface area contributed by atoms with Crippen LogP contribution in [-0.4, -0.2) is 77.9 Å². The van der Waals surface area contributed by atoms with Crippen LogP contribution in [0.15, 0.2) is 24.5 Å². The van der Waals surface area contributed by atoms with Gasteiger partial charge in [-0.1, -0.05) is 0 Å². The summed E-state index contributed by atoms with van der Waals surface area (Å²) in [7, 11) is 2.04. The molecule has 2 rings (SSSR count). The van der Waals surface area contributed by atoms with E-state index in [2.05, 4.69) is 15.3 Å². The van der Waals surface area contributed by atoms with Crippen LogP contribution in [0.25, 0.3) is 0 Å². The van der Waals surface area contributed by atoms with Crippen molar-refractivity contribution in [1.82, 2.24) is 25.2 Å². The quantitative estimate of drug-likeness (QED) is 0.758. The molecule has 126 valence electrons. The van der Waals surface area contributed by atoms with E-state index in [-0.39, 0.29) is 0 Å². The number of hydrogen-bond donors (Lipinski definition) is 1. The number of nitrogens with one attached hydrogen (secondary N) is 1. The summed E-state index contributed by atoms with van der Waals surface area (Å²) in [5, 5.41) is 1.82. The predicted octanol–water partition coefficient (Wildman–Crippen LogP) is -0.249. The summed E-state index contributed by atoms with van der Waals surface area (Å²) in [4.78, 5) is 32.2. The standard InChI is InChI=1S/C16H25N5O2/c1-3-20(9-6-14-4-7-17-8-5-14)16(23)15(22)18-21-12-10-19(2)11-13-21/h4-5,7-8H,3,6,9-13H2,1-2H3,(H,18,22). The van der Waals surface area contributed by atoms with Crippen LogP contribution in [0.3, 0.4) is 0 Å². The summed E-state index contributed by atoms with van der Waals surface area (Å²) in [5.41, 5.74) is 3.82. The number of likely N-dealkylation sites (N-methyl/N-ethyl adjacent to an activating group) is 2. The Bertz CT molecular complexity index is 514. The fourth-order valence-corrected chi connectivity index (χ4v) is 2.47. The third kappa shape index (κ3) is 5.30. The number of pyridine rings is 1. The van der Waals surface area contributed by atoms with Crippen LogP contribution in [0.1, 0.15) is 12.5 Å². The molecule has 0 atom stereocenters. The number of amides is 2. The summed E-state index contributed by atoms with van der Waals surface area (Å²) < 4.78 is 0. The highest BCUT2D eigenvalue weighted by Gasteiger charge is 2.23. The molecule has 1 aliphatic rings. The van der Waals surface area contributed by atoms with E-state index in [4.69, 9.17) is 0 Å². The van der Waals surface area contributed by atoms with Gasteiger partial charge < -0.3 is 9.80 Å². The molecule has 0 aliphatic carbocycles. The summed E-state index contributed by atoms with van der Waals surface area (Å²) >= 11 is 0. The average Bonchev–Trinajstić information content (AvgIpc) is 2.58. The van der Waals surface area contributed by atoms with Crippen LogP contribution in [0.4, 0.5) is 0 Å². The van der Waals surface area contributed by atoms with Crippen LogP contribution in [0.2, 0.25) is 0 Å². The van der Waals surface area contributed by atoms with Gasteiger partial charge in [0.05, 0.1) is 0 Å². The third-order valence-corrected chi connectivity index (χ3v) is 4.05. The fraction of sp³-hybridized carbons (Fsp3) is 0.562. The number of hydrogen-bond acceptors (Lipinski definition) is 5. The molecule has 1 saturated heterocycles. The molecule has 1 aliphatic heterocycles. The minimum atomic E-state index is -0.550. The molecule has 0 spiro atoms. The Morgan fingerprint density at radius 2 is 1.87 bits per heavy atom. The van der Waals surface area contributed by atoms with Crippen molar-refractivity contribution < 1.29 is 9.59 Å². The number of nitrogens with zero attached hydrogens (tertiary/aromatic N) is 4. The number of hydrazine groups is 1. The number of carbonyl (C=O) groups excluding carboxylic acids is 2. The molecule has 7 nitrogen and oxygen atoms in total. The topological polar surface area (TPSA) is 68.8 Å². The second-order valence-electron chi connectivity index (χ2n) is 5.72. The molecule has 7 heteroatoms. The first-order chi connectivity index (χ1) is 11.1. The predicted molar refractivity (Wildman–Crippen MR) is 87.4 cm³/mol. The molecule has 0 saturated carbocycles. The van der Waals surface area contributed by atoms with E-state index in [1.54, 1.807) is 17.3 Å². The lowest BCUT2D eigenvalue weighted by Crippen LogP contribution is -2.56. The lowest BCUT2D eigenvalue weighted by molar-refractivity contribution is -0.148. The lowest BCUT2D eigenvalue weighted by Gasteiger charge is -2.32. The van der Waals surface area contributed by atoms with E-state index >= 15 is 0 Å². The summed E-state index contributed by atoms with van der Waals surface area (Å²) in [6.07, 6.45) is 4.17. The van der Waals surface area contributed by atoms with E-state index in [1.807, 2.05) is 31.1 Å². The number of carbonyl (C=O) groups is 2. The zero-order chi connectivity index (χ0) is 16.7. The van der Waals surface area contributed by atoms with E-state index < -0.39 is 11.8 Å². The Morgan fingerprint density at radius 1 is 1.22 bits per heavy atom. The van der Waals surface area contributed by atoms with Crippen LogP contribution < -0.4 is 5.43 Å². The smallest absolute Gasteiger partial charge is 0.323 e. The number of piperazine rings is 1. The monoisotopic (exact) mass is 319 g/mol. The Hall–Kier alpha value is -1.99. The Morgan fingerprint density at radius 3 is 2.48 bits per heavy atom. The fourth-order valence-electron chi connectivity index (χ4n) is 2.47. The largest absolute Gasteiger partial charge is 0.334 e. The molecule has 0 bridgehead atoms. The van der Waals surface area contributed by atoms with Gasteiger partial charge in [0, 0.05) is 51.7 Å². The lowest BCUT2D eigenvalue weighted by atomic mass is 10.2. The van der Waals surface area contributed by atoms with Gasteiger partial charge in [-0.2, -0.15) is 0 Å². The van der Waals surface area contributed by atoms with Gasteiger partial charge >= 0.3 is 11.8 Å². The third-order valence-electron chi connectivity index (χ3n) is 4.05. The van der Waals surface area contributed by atoms with Gasteiger partial charge in [-0.25, -0.2) is 5.01 Å². The molecule has 0 radical (unpaired) electrons. The zero-order valence-electron chi connectivity index (χ0n) is 13.9. The van der Waals surface area contributed by atoms with Crippen molar-refractivity contribution in [2.75, 3.05) is 46.3 Å². The van der Waals surface area contributed by atoms with E-state index in [9.17, 15) is 9.59 Å². The first kappa shape index (κ1) is 17.4. The Kier molecular flexibility index (Phi) is 6.49. The van der Waals surface area contributed by atoms with Gasteiger partial charge in [-0.3, -0.25) is 20.0 Å². The summed E-state index contributed by atoms with van der Waals surface area (Å²) in [6, 6.07) is 3.84. The molecule has 2 heterocycles. The molecule has 0 unspecified atom stereocenters. The van der Waals surface area contributed by atoms with Gasteiger partial charge in [0.2, 0.25) is 0 Å². The molecule has 1 fully saturated rings. The van der Waals surface area contributed by atoms with Crippen LogP contribution >= 0.6 is 0 Å². The van der Waals surface area contributed by atoms with Gasteiger partial charge in [-0.15, -0.1) is 0 Å². The summed E-state index contributed by atoms with van der Waals surface area (Å²) in [6.45, 7) is 6.16. The van der Waals surface area contributed by atoms with Crippen molar-refractivity contribution in [3.8, 4) is 0 Å². The minimum absolute atomic E-state index is 0.472. The van der Waals surface area contributed by atoms with Crippen molar-refractivity contribution >= 4 is 11.8 Å². The molecular formula is C16H25N5O2. The van der Waals surface area contributed by atoms with Crippen molar-refractivity contribution in [3.63, 3.8) is 0 Å². The van der Waals surface area contributed by atoms with Gasteiger partial charge in [0.25, 0.3) is 0 Å². The average molecular weight is 319 g/mol. The van der Waals surface area contributed by atoms with Gasteiger partial charge in [0.15, 0.2) is 0 Å². The molecule has 1 aromatic rings. The molecule has 0 aromatic carbocycles. The number of aromatic nitrogens is 1. The highest BCUT2D eigenvalue weighted by Crippen LogP contribution is 2.01. The normalized spacial score (nSPS) is 16.1. The molecule has 2 amide bonds. The minimum Gasteiger partial charge on any atom is -0.334 e. The Balaban J connectivity index is 1.82. The van der Waals surface area contributed by atoms with Gasteiger partial charge in [-0.05, 0) is 38.1 Å². The SMILES string of the molecule is CCN(CCc1ccncc1)C(=O)C(=O)NN1CCN(C)CC1. The molecule has 1 aromatic heterocycles. The van der Waals surface area contributed by atoms with Gasteiger partial charge in [0.1, 0.15) is 0 Å². The van der Waals surface area contributed by atoms with E-state index in [0.29, 0.717) is 19.5 Å². The number of rotatable bonds is 5. The van der Waals surface area contributed by atoms with Crippen molar-refractivity contribution in [3.05, 3.63) is 30.1 Å². The van der Waals surface area contributed by atoms with E-state index in [1.165, 1.54) is 0 Å². The van der Waals surface area contributed by atoms with Crippen LogP contribution in [0.5, 0.6) is 0 Å². The van der Waals surface area contributed by atoms with Crippen LogP contribution in [-0.2, 0) is 16.0 Å². The van der Waals surface area contributed by atoms with E-state index in [0.717, 1.165) is 31.7 Å². The highest BCUT2D eigenvalue weighted by atomic mass is 16.2. The first-order valence-electron chi connectivity index (χ1n) is 8.02. The zero-order valence-corrected chi connectivity index (χ0v) is 13.9. The van der Waals surface area contributed by atoms with Crippen molar-refractivity contribution in [2.45, 2.75) is 13.3 Å². The maximum atomic E-state index is 12.3. The van der Waals surface area contributed by atoms with Crippen LogP contribution in [0, 0.1) is 0 Å². The molecular weight excluding hydrogens is 294 g/mol. The summed E-state index contributed by atoms with van der Waals surface area (Å²) in [5.74, 6) is -1.02. The first-order valence-corrected chi connectivity index (χ1v) is 8.02.